The Morgan fingerprint density at radius 3 is 2.87 bits per heavy atom. The summed E-state index contributed by atoms with van der Waals surface area (Å²) in [6.45, 7) is 5.38. The average molecular weight is 207 g/mol. The number of pyridine rings is 1. The topological polar surface area (TPSA) is 50.9 Å². The van der Waals surface area contributed by atoms with E-state index in [-0.39, 0.29) is 0 Å². The monoisotopic (exact) mass is 207 g/mol. The molecule has 1 aromatic heterocycles. The third-order valence-electron chi connectivity index (χ3n) is 2.67. The minimum absolute atomic E-state index is 0.592. The smallest absolute Gasteiger partial charge is 0.126 e. The van der Waals surface area contributed by atoms with Crippen molar-refractivity contribution in [3.63, 3.8) is 0 Å². The van der Waals surface area contributed by atoms with Crippen LogP contribution in [0.15, 0.2) is 18.3 Å². The van der Waals surface area contributed by atoms with Gasteiger partial charge in [0.25, 0.3) is 0 Å². The summed E-state index contributed by atoms with van der Waals surface area (Å²) in [7, 11) is 0. The van der Waals surface area contributed by atoms with Crippen molar-refractivity contribution in [1.82, 2.24) is 10.3 Å². The van der Waals surface area contributed by atoms with E-state index in [1.807, 2.05) is 6.07 Å². The van der Waals surface area contributed by atoms with E-state index in [1.54, 1.807) is 6.20 Å². The Bertz CT molecular complexity index is 286. The Hall–Kier alpha value is -1.09. The van der Waals surface area contributed by atoms with Crippen LogP contribution in [0.1, 0.15) is 32.3 Å². The highest BCUT2D eigenvalue weighted by molar-refractivity contribution is 5.38. The van der Waals surface area contributed by atoms with Crippen molar-refractivity contribution >= 4 is 5.82 Å². The number of rotatable bonds is 6. The normalized spacial score (nSPS) is 12.7. The highest BCUT2D eigenvalue weighted by Crippen LogP contribution is 2.11. The first-order valence-electron chi connectivity index (χ1n) is 5.70. The van der Waals surface area contributed by atoms with Crippen LogP contribution in [0.5, 0.6) is 0 Å². The summed E-state index contributed by atoms with van der Waals surface area (Å²) in [5, 5.41) is 3.46. The first-order chi connectivity index (χ1) is 7.27. The highest BCUT2D eigenvalue weighted by atomic mass is 14.9. The highest BCUT2D eigenvalue weighted by Gasteiger charge is 2.06. The maximum atomic E-state index is 5.79. The number of hydrogen-bond donors (Lipinski definition) is 2. The van der Waals surface area contributed by atoms with Gasteiger partial charge in [-0.25, -0.2) is 4.98 Å². The number of hydrogen-bond acceptors (Lipinski definition) is 3. The molecule has 1 heterocycles. The van der Waals surface area contributed by atoms with Gasteiger partial charge >= 0.3 is 0 Å². The molecule has 0 amide bonds. The second kappa shape index (κ2) is 6.40. The van der Waals surface area contributed by atoms with E-state index < -0.39 is 0 Å². The van der Waals surface area contributed by atoms with Crippen LogP contribution in [0.4, 0.5) is 5.82 Å². The van der Waals surface area contributed by atoms with Crippen molar-refractivity contribution < 1.29 is 0 Å². The number of nitrogens with two attached hydrogens (primary N) is 1. The van der Waals surface area contributed by atoms with E-state index in [4.69, 9.17) is 5.73 Å². The predicted molar refractivity (Wildman–Crippen MR) is 64.7 cm³/mol. The van der Waals surface area contributed by atoms with Gasteiger partial charge in [0.1, 0.15) is 5.82 Å². The van der Waals surface area contributed by atoms with Crippen molar-refractivity contribution in [1.29, 1.82) is 0 Å². The van der Waals surface area contributed by atoms with Gasteiger partial charge in [0.2, 0.25) is 0 Å². The lowest BCUT2D eigenvalue weighted by atomic mass is 10.0. The number of nitrogen functional groups attached to an aromatic ring is 1. The van der Waals surface area contributed by atoms with E-state index >= 15 is 0 Å². The van der Waals surface area contributed by atoms with Gasteiger partial charge in [-0.1, -0.05) is 19.9 Å². The van der Waals surface area contributed by atoms with Gasteiger partial charge in [0.15, 0.2) is 0 Å². The third kappa shape index (κ3) is 3.88. The van der Waals surface area contributed by atoms with Crippen LogP contribution < -0.4 is 11.1 Å². The molecule has 0 radical (unpaired) electrons. The average Bonchev–Trinajstić information content (AvgIpc) is 2.26. The van der Waals surface area contributed by atoms with E-state index in [1.165, 1.54) is 0 Å². The van der Waals surface area contributed by atoms with Crippen LogP contribution in [0.25, 0.3) is 0 Å². The molecular weight excluding hydrogens is 186 g/mol. The second-order valence-corrected chi connectivity index (χ2v) is 3.75. The molecule has 0 saturated heterocycles. The lowest BCUT2D eigenvalue weighted by Crippen LogP contribution is -2.28. The Labute approximate surface area is 92.1 Å². The molecular formula is C12H21N3. The summed E-state index contributed by atoms with van der Waals surface area (Å²) >= 11 is 0. The number of nitrogens with one attached hydrogen (secondary N) is 1. The van der Waals surface area contributed by atoms with E-state index in [0.29, 0.717) is 11.9 Å². The molecule has 0 bridgehead atoms. The molecule has 1 aromatic rings. The molecule has 84 valence electrons. The standard InChI is InChI=1S/C12H21N3/c1-3-11(14-4-2)8-7-10-6-5-9-15-12(10)13/h5-6,9,11,14H,3-4,7-8H2,1-2H3,(H2,13,15). The van der Waals surface area contributed by atoms with Crippen LogP contribution in [-0.4, -0.2) is 17.6 Å². The zero-order valence-electron chi connectivity index (χ0n) is 9.66. The molecule has 0 aliphatic heterocycles. The fourth-order valence-corrected chi connectivity index (χ4v) is 1.73. The molecule has 3 N–H and O–H groups in total. The zero-order chi connectivity index (χ0) is 11.1. The minimum atomic E-state index is 0.592. The van der Waals surface area contributed by atoms with Crippen LogP contribution in [-0.2, 0) is 6.42 Å². The molecule has 3 nitrogen and oxygen atoms in total. The van der Waals surface area contributed by atoms with Gasteiger partial charge in [-0.2, -0.15) is 0 Å². The first kappa shape index (κ1) is 12.0. The first-order valence-corrected chi connectivity index (χ1v) is 5.70. The molecule has 0 aromatic carbocycles. The number of aryl methyl sites for hydroxylation is 1. The van der Waals surface area contributed by atoms with Crippen LogP contribution >= 0.6 is 0 Å². The van der Waals surface area contributed by atoms with E-state index in [0.717, 1.165) is 31.4 Å². The van der Waals surface area contributed by atoms with E-state index in [2.05, 4.69) is 30.2 Å². The molecule has 0 saturated carbocycles. The summed E-state index contributed by atoms with van der Waals surface area (Å²) in [5.74, 6) is 0.670. The molecule has 0 aliphatic rings. The van der Waals surface area contributed by atoms with Gasteiger partial charge in [0.05, 0.1) is 0 Å². The summed E-state index contributed by atoms with van der Waals surface area (Å²) in [6, 6.07) is 4.59. The van der Waals surface area contributed by atoms with Crippen LogP contribution in [0.3, 0.4) is 0 Å². The van der Waals surface area contributed by atoms with Gasteiger partial charge in [-0.15, -0.1) is 0 Å². The largest absolute Gasteiger partial charge is 0.383 e. The van der Waals surface area contributed by atoms with Crippen LogP contribution in [0.2, 0.25) is 0 Å². The van der Waals surface area contributed by atoms with Crippen molar-refractivity contribution in [3.8, 4) is 0 Å². The summed E-state index contributed by atoms with van der Waals surface area (Å²) in [5.41, 5.74) is 6.95. The lowest BCUT2D eigenvalue weighted by Gasteiger charge is -2.15. The molecule has 15 heavy (non-hydrogen) atoms. The fraction of sp³-hybridized carbons (Fsp3) is 0.583. The summed E-state index contributed by atoms with van der Waals surface area (Å²) in [6.07, 6.45) is 5.03. The maximum absolute atomic E-state index is 5.79. The quantitative estimate of drug-likeness (QED) is 0.750. The van der Waals surface area contributed by atoms with Gasteiger partial charge in [-0.05, 0) is 37.4 Å². The molecule has 1 unspecified atom stereocenters. The Kier molecular flexibility index (Phi) is 5.12. The molecule has 3 heteroatoms. The van der Waals surface area contributed by atoms with Gasteiger partial charge in [-0.3, -0.25) is 0 Å². The van der Waals surface area contributed by atoms with Gasteiger partial charge < -0.3 is 11.1 Å². The third-order valence-corrected chi connectivity index (χ3v) is 2.67. The molecule has 0 fully saturated rings. The van der Waals surface area contributed by atoms with E-state index in [9.17, 15) is 0 Å². The Morgan fingerprint density at radius 1 is 1.47 bits per heavy atom. The van der Waals surface area contributed by atoms with Gasteiger partial charge in [0, 0.05) is 12.2 Å². The van der Waals surface area contributed by atoms with Crippen molar-refractivity contribution in [3.05, 3.63) is 23.9 Å². The fourth-order valence-electron chi connectivity index (χ4n) is 1.73. The molecule has 0 spiro atoms. The molecule has 1 atom stereocenters. The van der Waals surface area contributed by atoms with Crippen LogP contribution in [0, 0.1) is 0 Å². The Morgan fingerprint density at radius 2 is 2.27 bits per heavy atom. The minimum Gasteiger partial charge on any atom is -0.383 e. The number of nitrogens with zero attached hydrogens (tertiary/aromatic N) is 1. The summed E-state index contributed by atoms with van der Waals surface area (Å²) < 4.78 is 0. The maximum Gasteiger partial charge on any atom is 0.126 e. The van der Waals surface area contributed by atoms with Crippen molar-refractivity contribution in [2.45, 2.75) is 39.2 Å². The second-order valence-electron chi connectivity index (χ2n) is 3.75. The SMILES string of the molecule is CCNC(CC)CCc1cccnc1N. The molecule has 1 rings (SSSR count). The number of aromatic nitrogens is 1. The molecule has 0 aliphatic carbocycles. The Balaban J connectivity index is 2.45. The predicted octanol–water partition coefficient (Wildman–Crippen LogP) is 1.98. The number of anilines is 1. The van der Waals surface area contributed by atoms with Crippen molar-refractivity contribution in [2.24, 2.45) is 0 Å². The zero-order valence-corrected chi connectivity index (χ0v) is 9.66. The van der Waals surface area contributed by atoms with Crippen molar-refractivity contribution in [2.75, 3.05) is 12.3 Å². The lowest BCUT2D eigenvalue weighted by molar-refractivity contribution is 0.481. The summed E-state index contributed by atoms with van der Waals surface area (Å²) in [4.78, 5) is 4.09.